The number of hydrogen-bond acceptors (Lipinski definition) is 4. The van der Waals surface area contributed by atoms with Crippen LogP contribution in [0.3, 0.4) is 0 Å². The third-order valence-corrected chi connectivity index (χ3v) is 3.86. The van der Waals surface area contributed by atoms with Crippen LogP contribution < -0.4 is 5.56 Å². The van der Waals surface area contributed by atoms with Crippen LogP contribution >= 0.6 is 11.3 Å². The van der Waals surface area contributed by atoms with Crippen molar-refractivity contribution in [3.8, 4) is 0 Å². The maximum absolute atomic E-state index is 12.1. The topological polar surface area (TPSA) is 52.7 Å². The van der Waals surface area contributed by atoms with Crippen LogP contribution in [0, 0.1) is 0 Å². The van der Waals surface area contributed by atoms with Gasteiger partial charge in [0.1, 0.15) is 4.70 Å². The van der Waals surface area contributed by atoms with Crippen LogP contribution in [0.2, 0.25) is 0 Å². The van der Waals surface area contributed by atoms with Gasteiger partial charge in [0.05, 0.1) is 11.8 Å². The Morgan fingerprint density at radius 2 is 2.28 bits per heavy atom. The molecule has 0 amide bonds. The zero-order chi connectivity index (χ0) is 12.5. The van der Waals surface area contributed by atoms with Crippen LogP contribution in [0.5, 0.6) is 0 Å². The molecule has 3 aromatic rings. The lowest BCUT2D eigenvalue weighted by Crippen LogP contribution is -2.21. The van der Waals surface area contributed by atoms with E-state index in [1.54, 1.807) is 17.1 Å². The molecule has 0 spiro atoms. The van der Waals surface area contributed by atoms with Crippen LogP contribution in [0.1, 0.15) is 5.69 Å². The van der Waals surface area contributed by atoms with Crippen molar-refractivity contribution in [1.82, 2.24) is 19.3 Å². The number of aromatic nitrogens is 4. The molecule has 0 N–H and O–H groups in total. The lowest BCUT2D eigenvalue weighted by Gasteiger charge is -2.05. The van der Waals surface area contributed by atoms with E-state index in [0.717, 1.165) is 22.3 Å². The summed E-state index contributed by atoms with van der Waals surface area (Å²) in [6.45, 7) is 0.624. The summed E-state index contributed by atoms with van der Waals surface area (Å²) in [6, 6.07) is 3.83. The predicted molar refractivity (Wildman–Crippen MR) is 70.8 cm³/mol. The largest absolute Gasteiger partial charge is 0.298 e. The highest BCUT2D eigenvalue weighted by molar-refractivity contribution is 7.17. The van der Waals surface area contributed by atoms with Gasteiger partial charge < -0.3 is 0 Å². The molecule has 0 unspecified atom stereocenters. The zero-order valence-corrected chi connectivity index (χ0v) is 10.7. The molecule has 0 saturated heterocycles. The van der Waals surface area contributed by atoms with Gasteiger partial charge in [0.25, 0.3) is 5.56 Å². The van der Waals surface area contributed by atoms with Crippen molar-refractivity contribution in [2.45, 2.75) is 13.0 Å². The molecule has 0 bridgehead atoms. The molecule has 3 rings (SSSR count). The molecule has 0 fully saturated rings. The molecule has 0 aliphatic heterocycles. The fourth-order valence-corrected chi connectivity index (χ4v) is 2.71. The van der Waals surface area contributed by atoms with Gasteiger partial charge >= 0.3 is 0 Å². The van der Waals surface area contributed by atoms with Gasteiger partial charge in [0.2, 0.25) is 0 Å². The van der Waals surface area contributed by atoms with Crippen LogP contribution in [0.15, 0.2) is 34.8 Å². The Hall–Kier alpha value is -1.95. The molecule has 18 heavy (non-hydrogen) atoms. The molecular weight excluding hydrogens is 248 g/mol. The van der Waals surface area contributed by atoms with Crippen LogP contribution in [-0.2, 0) is 20.0 Å². The molecule has 0 aliphatic rings. The Kier molecular flexibility index (Phi) is 2.71. The maximum Gasteiger partial charge on any atom is 0.271 e. The number of rotatable bonds is 3. The standard InChI is InChI=1S/C12H12N4OS/c1-15-9(2-5-14-15)3-6-16-8-13-10-4-7-18-11(10)12(16)17/h2,4-5,7-8H,3,6H2,1H3. The molecule has 0 aliphatic carbocycles. The molecule has 5 nitrogen and oxygen atoms in total. The molecule has 3 heterocycles. The number of thiophene rings is 1. The first-order valence-corrected chi connectivity index (χ1v) is 6.53. The fourth-order valence-electron chi connectivity index (χ4n) is 1.92. The smallest absolute Gasteiger partial charge is 0.271 e. The number of hydrogen-bond donors (Lipinski definition) is 0. The molecule has 6 heteroatoms. The van der Waals surface area contributed by atoms with Crippen LogP contribution in [-0.4, -0.2) is 19.3 Å². The molecule has 92 valence electrons. The second-order valence-electron chi connectivity index (χ2n) is 4.07. The van der Waals surface area contributed by atoms with E-state index in [2.05, 4.69) is 10.1 Å². The number of nitrogens with zero attached hydrogens (tertiary/aromatic N) is 4. The van der Waals surface area contributed by atoms with E-state index in [9.17, 15) is 4.79 Å². The Bertz CT molecular complexity index is 740. The lowest BCUT2D eigenvalue weighted by molar-refractivity contribution is 0.619. The summed E-state index contributed by atoms with van der Waals surface area (Å²) in [5.74, 6) is 0. The summed E-state index contributed by atoms with van der Waals surface area (Å²) >= 11 is 1.44. The first-order chi connectivity index (χ1) is 8.75. The summed E-state index contributed by atoms with van der Waals surface area (Å²) in [7, 11) is 1.90. The summed E-state index contributed by atoms with van der Waals surface area (Å²) in [4.78, 5) is 16.4. The van der Waals surface area contributed by atoms with E-state index in [0.29, 0.717) is 6.54 Å². The van der Waals surface area contributed by atoms with Crippen molar-refractivity contribution in [3.05, 3.63) is 46.1 Å². The molecular formula is C12H12N4OS. The number of aryl methyl sites for hydroxylation is 3. The van der Waals surface area contributed by atoms with Crippen molar-refractivity contribution in [2.75, 3.05) is 0 Å². The second kappa shape index (κ2) is 4.38. The molecule has 0 radical (unpaired) electrons. The van der Waals surface area contributed by atoms with Crippen molar-refractivity contribution in [3.63, 3.8) is 0 Å². The van der Waals surface area contributed by atoms with Crippen molar-refractivity contribution >= 4 is 21.6 Å². The summed E-state index contributed by atoms with van der Waals surface area (Å²) in [5.41, 5.74) is 1.92. The maximum atomic E-state index is 12.1. The van der Waals surface area contributed by atoms with Gasteiger partial charge in [0, 0.05) is 31.9 Å². The summed E-state index contributed by atoms with van der Waals surface area (Å²) < 4.78 is 4.20. The van der Waals surface area contributed by atoms with E-state index >= 15 is 0 Å². The molecule has 0 saturated carbocycles. The number of fused-ring (bicyclic) bond motifs is 1. The van der Waals surface area contributed by atoms with Gasteiger partial charge in [-0.25, -0.2) is 4.98 Å². The van der Waals surface area contributed by atoms with Crippen molar-refractivity contribution in [1.29, 1.82) is 0 Å². The lowest BCUT2D eigenvalue weighted by atomic mass is 10.3. The molecule has 3 aromatic heterocycles. The summed E-state index contributed by atoms with van der Waals surface area (Å²) in [5, 5.41) is 6.00. The molecule has 0 aromatic carbocycles. The Labute approximate surface area is 107 Å². The van der Waals surface area contributed by atoms with E-state index in [4.69, 9.17) is 0 Å². The van der Waals surface area contributed by atoms with Crippen LogP contribution in [0.4, 0.5) is 0 Å². The third kappa shape index (κ3) is 1.84. The Morgan fingerprint density at radius 1 is 1.39 bits per heavy atom. The minimum absolute atomic E-state index is 0.0390. The highest BCUT2D eigenvalue weighted by Crippen LogP contribution is 2.13. The van der Waals surface area contributed by atoms with Crippen molar-refractivity contribution < 1.29 is 0 Å². The van der Waals surface area contributed by atoms with E-state index in [1.807, 2.05) is 29.2 Å². The monoisotopic (exact) mass is 260 g/mol. The quantitative estimate of drug-likeness (QED) is 0.716. The van der Waals surface area contributed by atoms with Gasteiger partial charge in [-0.3, -0.25) is 14.0 Å². The van der Waals surface area contributed by atoms with Gasteiger partial charge in [-0.2, -0.15) is 5.10 Å². The summed E-state index contributed by atoms with van der Waals surface area (Å²) in [6.07, 6.45) is 4.15. The first-order valence-electron chi connectivity index (χ1n) is 5.65. The zero-order valence-electron chi connectivity index (χ0n) is 9.91. The Balaban J connectivity index is 1.89. The Morgan fingerprint density at radius 3 is 3.06 bits per heavy atom. The minimum atomic E-state index is 0.0390. The SMILES string of the molecule is Cn1nccc1CCn1cnc2ccsc2c1=O. The van der Waals surface area contributed by atoms with E-state index in [1.165, 1.54) is 11.3 Å². The normalized spacial score (nSPS) is 11.2. The van der Waals surface area contributed by atoms with Crippen LogP contribution in [0.25, 0.3) is 10.2 Å². The van der Waals surface area contributed by atoms with E-state index < -0.39 is 0 Å². The van der Waals surface area contributed by atoms with Gasteiger partial charge in [-0.15, -0.1) is 11.3 Å². The fraction of sp³-hybridized carbons (Fsp3) is 0.250. The average Bonchev–Trinajstić information content (AvgIpc) is 2.98. The highest BCUT2D eigenvalue weighted by Gasteiger charge is 2.06. The average molecular weight is 260 g/mol. The second-order valence-corrected chi connectivity index (χ2v) is 4.99. The highest BCUT2D eigenvalue weighted by atomic mass is 32.1. The van der Waals surface area contributed by atoms with Crippen molar-refractivity contribution in [2.24, 2.45) is 7.05 Å². The van der Waals surface area contributed by atoms with Gasteiger partial charge in [0.15, 0.2) is 0 Å². The van der Waals surface area contributed by atoms with Gasteiger partial charge in [-0.05, 0) is 17.5 Å². The first kappa shape index (κ1) is 11.2. The van der Waals surface area contributed by atoms with E-state index in [-0.39, 0.29) is 5.56 Å². The molecule has 0 atom stereocenters. The third-order valence-electron chi connectivity index (χ3n) is 2.97. The minimum Gasteiger partial charge on any atom is -0.298 e. The predicted octanol–water partition coefficient (Wildman–Crippen LogP) is 1.43. The van der Waals surface area contributed by atoms with Gasteiger partial charge in [-0.1, -0.05) is 0 Å².